The minimum absolute atomic E-state index is 0.0506. The number of rotatable bonds is 5. The molecule has 0 aromatic carbocycles. The van der Waals surface area contributed by atoms with Gasteiger partial charge >= 0.3 is 5.69 Å². The summed E-state index contributed by atoms with van der Waals surface area (Å²) in [6, 6.07) is 2.12. The van der Waals surface area contributed by atoms with Crippen molar-refractivity contribution in [3.8, 4) is 0 Å². The molecule has 0 unspecified atom stereocenters. The van der Waals surface area contributed by atoms with E-state index in [1.165, 1.54) is 11.8 Å². The SMILES string of the molecule is Cc1cc(C(=O)CSc2n[nH]c(=O)n2C2CC2)c(C)[nH]1. The predicted octanol–water partition coefficient (Wildman–Crippen LogP) is 1.83. The van der Waals surface area contributed by atoms with Crippen molar-refractivity contribution in [2.75, 3.05) is 5.75 Å². The molecule has 20 heavy (non-hydrogen) atoms. The first-order valence-electron chi connectivity index (χ1n) is 6.55. The summed E-state index contributed by atoms with van der Waals surface area (Å²) in [5.41, 5.74) is 2.39. The van der Waals surface area contributed by atoms with E-state index < -0.39 is 0 Å². The second-order valence-corrected chi connectivity index (χ2v) is 6.06. The minimum atomic E-state index is -0.184. The lowest BCUT2D eigenvalue weighted by Crippen LogP contribution is -2.16. The number of ketones is 1. The third-order valence-electron chi connectivity index (χ3n) is 3.37. The predicted molar refractivity (Wildman–Crippen MR) is 76.4 cm³/mol. The highest BCUT2D eigenvalue weighted by Crippen LogP contribution is 2.36. The minimum Gasteiger partial charge on any atom is -0.362 e. The first-order valence-corrected chi connectivity index (χ1v) is 7.54. The highest BCUT2D eigenvalue weighted by molar-refractivity contribution is 7.99. The zero-order chi connectivity index (χ0) is 14.3. The van der Waals surface area contributed by atoms with Gasteiger partial charge in [-0.3, -0.25) is 9.36 Å². The third-order valence-corrected chi connectivity index (χ3v) is 4.32. The normalized spacial score (nSPS) is 14.7. The van der Waals surface area contributed by atoms with Gasteiger partial charge in [0, 0.05) is 23.0 Å². The topological polar surface area (TPSA) is 83.5 Å². The number of H-pyrrole nitrogens is 2. The number of aromatic nitrogens is 4. The molecule has 6 nitrogen and oxygen atoms in total. The number of carbonyl (C=O) groups is 1. The summed E-state index contributed by atoms with van der Waals surface area (Å²) in [5.74, 6) is 0.337. The molecule has 2 heterocycles. The van der Waals surface area contributed by atoms with Crippen LogP contribution in [-0.2, 0) is 0 Å². The Morgan fingerprint density at radius 2 is 2.25 bits per heavy atom. The molecule has 0 saturated heterocycles. The summed E-state index contributed by atoms with van der Waals surface area (Å²) in [6.45, 7) is 3.81. The van der Waals surface area contributed by atoms with Gasteiger partial charge in [-0.15, -0.1) is 5.10 Å². The van der Waals surface area contributed by atoms with Gasteiger partial charge in [0.05, 0.1) is 5.75 Å². The zero-order valence-corrected chi connectivity index (χ0v) is 12.2. The number of hydrogen-bond acceptors (Lipinski definition) is 4. The Labute approximate surface area is 120 Å². The number of aryl methyl sites for hydroxylation is 2. The summed E-state index contributed by atoms with van der Waals surface area (Å²) in [4.78, 5) is 26.9. The molecule has 0 spiro atoms. The van der Waals surface area contributed by atoms with E-state index in [2.05, 4.69) is 15.2 Å². The van der Waals surface area contributed by atoms with Crippen LogP contribution >= 0.6 is 11.8 Å². The second-order valence-electron chi connectivity index (χ2n) is 5.12. The molecular weight excluding hydrogens is 276 g/mol. The zero-order valence-electron chi connectivity index (χ0n) is 11.4. The standard InChI is InChI=1S/C13H16N4O2S/c1-7-5-10(8(2)14-7)11(18)6-20-13-16-15-12(19)17(13)9-3-4-9/h5,9,14H,3-4,6H2,1-2H3,(H,15,19). The number of hydrogen-bond donors (Lipinski definition) is 2. The molecule has 0 radical (unpaired) electrons. The van der Waals surface area contributed by atoms with Gasteiger partial charge < -0.3 is 4.98 Å². The van der Waals surface area contributed by atoms with E-state index >= 15 is 0 Å². The molecule has 0 aliphatic heterocycles. The fourth-order valence-electron chi connectivity index (χ4n) is 2.27. The summed E-state index contributed by atoms with van der Waals surface area (Å²) in [5, 5.41) is 7.06. The Morgan fingerprint density at radius 1 is 1.50 bits per heavy atom. The van der Waals surface area contributed by atoms with Crippen LogP contribution in [0.2, 0.25) is 0 Å². The van der Waals surface area contributed by atoms with Crippen LogP contribution in [0.15, 0.2) is 16.0 Å². The van der Waals surface area contributed by atoms with Gasteiger partial charge in [-0.1, -0.05) is 11.8 Å². The van der Waals surface area contributed by atoms with Gasteiger partial charge in [-0.25, -0.2) is 9.89 Å². The first kappa shape index (κ1) is 13.2. The number of nitrogens with zero attached hydrogens (tertiary/aromatic N) is 2. The Kier molecular flexibility index (Phi) is 3.29. The van der Waals surface area contributed by atoms with Crippen LogP contribution in [0.1, 0.15) is 40.6 Å². The van der Waals surface area contributed by atoms with Crippen LogP contribution in [0.3, 0.4) is 0 Å². The largest absolute Gasteiger partial charge is 0.362 e. The third kappa shape index (κ3) is 2.45. The lowest BCUT2D eigenvalue weighted by Gasteiger charge is -2.02. The smallest absolute Gasteiger partial charge is 0.344 e. The molecule has 7 heteroatoms. The molecule has 1 saturated carbocycles. The first-order chi connectivity index (χ1) is 9.56. The highest BCUT2D eigenvalue weighted by Gasteiger charge is 2.28. The summed E-state index contributed by atoms with van der Waals surface area (Å²) in [6.07, 6.45) is 2.02. The van der Waals surface area contributed by atoms with Crippen LogP contribution < -0.4 is 5.69 Å². The van der Waals surface area contributed by atoms with Crippen LogP contribution in [0.5, 0.6) is 0 Å². The molecule has 3 rings (SSSR count). The van der Waals surface area contributed by atoms with Gasteiger partial charge in [-0.2, -0.15) is 0 Å². The Bertz CT molecular complexity index is 708. The van der Waals surface area contributed by atoms with Crippen molar-refractivity contribution in [2.45, 2.75) is 37.9 Å². The fourth-order valence-corrected chi connectivity index (χ4v) is 3.17. The average Bonchev–Trinajstić information content (AvgIpc) is 3.08. The van der Waals surface area contributed by atoms with Crippen molar-refractivity contribution in [3.63, 3.8) is 0 Å². The molecule has 1 aliphatic carbocycles. The van der Waals surface area contributed by atoms with Crippen molar-refractivity contribution >= 4 is 17.5 Å². The molecule has 2 aromatic rings. The number of thioether (sulfide) groups is 1. The van der Waals surface area contributed by atoms with Crippen molar-refractivity contribution in [2.24, 2.45) is 0 Å². The van der Waals surface area contributed by atoms with Gasteiger partial charge in [0.1, 0.15) is 0 Å². The fraction of sp³-hybridized carbons (Fsp3) is 0.462. The summed E-state index contributed by atoms with van der Waals surface area (Å²) < 4.78 is 1.66. The highest BCUT2D eigenvalue weighted by atomic mass is 32.2. The van der Waals surface area contributed by atoms with E-state index in [0.29, 0.717) is 10.7 Å². The van der Waals surface area contributed by atoms with Crippen LogP contribution in [0.25, 0.3) is 0 Å². The molecule has 2 aromatic heterocycles. The number of aromatic amines is 2. The molecule has 2 N–H and O–H groups in total. The molecular formula is C13H16N4O2S. The van der Waals surface area contributed by atoms with Gasteiger partial charge in [0.2, 0.25) is 0 Å². The van der Waals surface area contributed by atoms with E-state index in [1.54, 1.807) is 4.57 Å². The molecule has 0 amide bonds. The van der Waals surface area contributed by atoms with Crippen molar-refractivity contribution in [1.29, 1.82) is 0 Å². The maximum absolute atomic E-state index is 12.2. The van der Waals surface area contributed by atoms with Crippen molar-refractivity contribution in [3.05, 3.63) is 33.5 Å². The molecule has 0 bridgehead atoms. The van der Waals surface area contributed by atoms with Gasteiger partial charge in [0.25, 0.3) is 0 Å². The van der Waals surface area contributed by atoms with E-state index in [0.717, 1.165) is 24.2 Å². The Balaban J connectivity index is 1.72. The lowest BCUT2D eigenvalue weighted by atomic mass is 10.2. The van der Waals surface area contributed by atoms with Gasteiger partial charge in [-0.05, 0) is 32.8 Å². The van der Waals surface area contributed by atoms with E-state index in [4.69, 9.17) is 0 Å². The monoisotopic (exact) mass is 292 g/mol. The van der Waals surface area contributed by atoms with E-state index in [-0.39, 0.29) is 23.3 Å². The summed E-state index contributed by atoms with van der Waals surface area (Å²) >= 11 is 1.31. The van der Waals surface area contributed by atoms with Crippen molar-refractivity contribution < 1.29 is 4.79 Å². The second kappa shape index (κ2) is 4.97. The summed E-state index contributed by atoms with van der Waals surface area (Å²) in [7, 11) is 0. The molecule has 0 atom stereocenters. The number of carbonyl (C=O) groups excluding carboxylic acids is 1. The molecule has 106 valence electrons. The quantitative estimate of drug-likeness (QED) is 0.650. The average molecular weight is 292 g/mol. The molecule has 1 aliphatic rings. The maximum atomic E-state index is 12.2. The Morgan fingerprint density at radius 3 is 2.85 bits per heavy atom. The van der Waals surface area contributed by atoms with Crippen LogP contribution in [0.4, 0.5) is 0 Å². The van der Waals surface area contributed by atoms with Gasteiger partial charge in [0.15, 0.2) is 10.9 Å². The maximum Gasteiger partial charge on any atom is 0.344 e. The lowest BCUT2D eigenvalue weighted by molar-refractivity contribution is 0.102. The Hall–Kier alpha value is -1.76. The molecule has 1 fully saturated rings. The van der Waals surface area contributed by atoms with Crippen LogP contribution in [-0.4, -0.2) is 31.3 Å². The number of nitrogens with one attached hydrogen (secondary N) is 2. The van der Waals surface area contributed by atoms with E-state index in [9.17, 15) is 9.59 Å². The number of Topliss-reactive ketones (excluding diaryl/α,β-unsaturated/α-hetero) is 1. The van der Waals surface area contributed by atoms with Crippen molar-refractivity contribution in [1.82, 2.24) is 19.7 Å². The van der Waals surface area contributed by atoms with E-state index in [1.807, 2.05) is 19.9 Å². The van der Waals surface area contributed by atoms with Crippen LogP contribution in [0, 0.1) is 13.8 Å².